The number of carbonyl (C=O) groups is 1. The molecule has 6 heteroatoms. The monoisotopic (exact) mass is 327 g/mol. The van der Waals surface area contributed by atoms with Crippen molar-refractivity contribution in [2.24, 2.45) is 5.10 Å². The second-order valence-corrected chi connectivity index (χ2v) is 5.10. The Bertz CT molecular complexity index is 682. The standard InChI is InChI=1S/C18H21N3O3/c1-13(20-15-6-10-17(24-3)11-7-15)18(22)21-19-12-14-4-8-16(23-2)9-5-14/h4-13,20H,1-3H3,(H,21,22)/b19-12-/t13-/m0/s1. The van der Waals surface area contributed by atoms with Crippen LogP contribution in [0.4, 0.5) is 5.69 Å². The first kappa shape index (κ1) is 17.3. The summed E-state index contributed by atoms with van der Waals surface area (Å²) >= 11 is 0. The van der Waals surface area contributed by atoms with Gasteiger partial charge in [-0.15, -0.1) is 0 Å². The van der Waals surface area contributed by atoms with E-state index in [1.807, 2.05) is 48.5 Å². The molecule has 1 atom stereocenters. The molecule has 0 unspecified atom stereocenters. The maximum Gasteiger partial charge on any atom is 0.262 e. The Kier molecular flexibility index (Phi) is 6.19. The Balaban J connectivity index is 1.84. The van der Waals surface area contributed by atoms with Gasteiger partial charge in [0.15, 0.2) is 0 Å². The Morgan fingerprint density at radius 2 is 1.54 bits per heavy atom. The number of anilines is 1. The molecule has 2 N–H and O–H groups in total. The molecule has 2 rings (SSSR count). The number of nitrogens with zero attached hydrogens (tertiary/aromatic N) is 1. The first-order chi connectivity index (χ1) is 11.6. The normalized spacial score (nSPS) is 11.8. The largest absolute Gasteiger partial charge is 0.497 e. The first-order valence-electron chi connectivity index (χ1n) is 7.50. The van der Waals surface area contributed by atoms with E-state index in [4.69, 9.17) is 9.47 Å². The van der Waals surface area contributed by atoms with Gasteiger partial charge in [0.25, 0.3) is 5.91 Å². The summed E-state index contributed by atoms with van der Waals surface area (Å²) in [7, 11) is 3.22. The van der Waals surface area contributed by atoms with Crippen molar-refractivity contribution < 1.29 is 14.3 Å². The highest BCUT2D eigenvalue weighted by atomic mass is 16.5. The second-order valence-electron chi connectivity index (χ2n) is 5.10. The smallest absolute Gasteiger partial charge is 0.262 e. The SMILES string of the molecule is COc1ccc(/C=N\NC(=O)[C@H](C)Nc2ccc(OC)cc2)cc1. The lowest BCUT2D eigenvalue weighted by molar-refractivity contribution is -0.121. The van der Waals surface area contributed by atoms with Crippen molar-refractivity contribution in [3.8, 4) is 11.5 Å². The molecule has 24 heavy (non-hydrogen) atoms. The molecule has 0 fully saturated rings. The summed E-state index contributed by atoms with van der Waals surface area (Å²) in [5.41, 5.74) is 4.21. The van der Waals surface area contributed by atoms with Crippen LogP contribution in [0.3, 0.4) is 0 Å². The zero-order valence-electron chi connectivity index (χ0n) is 13.9. The van der Waals surface area contributed by atoms with Crippen LogP contribution in [-0.4, -0.2) is 32.4 Å². The van der Waals surface area contributed by atoms with Crippen LogP contribution in [0.15, 0.2) is 53.6 Å². The maximum absolute atomic E-state index is 12.0. The lowest BCUT2D eigenvalue weighted by atomic mass is 10.2. The number of amides is 1. The Morgan fingerprint density at radius 1 is 1.00 bits per heavy atom. The number of benzene rings is 2. The van der Waals surface area contributed by atoms with Crippen LogP contribution < -0.4 is 20.2 Å². The maximum atomic E-state index is 12.0. The Labute approximate surface area is 141 Å². The molecule has 2 aromatic rings. The van der Waals surface area contributed by atoms with Crippen molar-refractivity contribution in [2.45, 2.75) is 13.0 Å². The molecule has 0 radical (unpaired) electrons. The van der Waals surface area contributed by atoms with E-state index in [0.29, 0.717) is 0 Å². The molecule has 0 saturated heterocycles. The molecule has 0 spiro atoms. The fourth-order valence-corrected chi connectivity index (χ4v) is 1.96. The molecule has 1 amide bonds. The van der Waals surface area contributed by atoms with Crippen molar-refractivity contribution in [1.29, 1.82) is 0 Å². The number of methoxy groups -OCH3 is 2. The highest BCUT2D eigenvalue weighted by Gasteiger charge is 2.11. The average Bonchev–Trinajstić information content (AvgIpc) is 2.62. The quantitative estimate of drug-likeness (QED) is 0.606. The van der Waals surface area contributed by atoms with E-state index in [-0.39, 0.29) is 5.91 Å². The van der Waals surface area contributed by atoms with E-state index in [1.165, 1.54) is 0 Å². The lowest BCUT2D eigenvalue weighted by Crippen LogP contribution is -2.34. The van der Waals surface area contributed by atoms with E-state index in [1.54, 1.807) is 27.4 Å². The van der Waals surface area contributed by atoms with Crippen molar-refractivity contribution in [2.75, 3.05) is 19.5 Å². The molecule has 0 aromatic heterocycles. The minimum absolute atomic E-state index is 0.226. The molecule has 126 valence electrons. The second kappa shape index (κ2) is 8.57. The summed E-state index contributed by atoms with van der Waals surface area (Å²) in [6.45, 7) is 1.77. The van der Waals surface area contributed by atoms with Crippen molar-refractivity contribution >= 4 is 17.8 Å². The summed E-state index contributed by atoms with van der Waals surface area (Å²) in [6, 6.07) is 14.3. The predicted octanol–water partition coefficient (Wildman–Crippen LogP) is 2.65. The summed E-state index contributed by atoms with van der Waals surface area (Å²) in [4.78, 5) is 12.0. The van der Waals surface area contributed by atoms with Crippen molar-refractivity contribution in [1.82, 2.24) is 5.43 Å². The highest BCUT2D eigenvalue weighted by molar-refractivity contribution is 5.86. The molecule has 0 aliphatic heterocycles. The molecule has 0 heterocycles. The van der Waals surface area contributed by atoms with Crippen LogP contribution in [0.1, 0.15) is 12.5 Å². The van der Waals surface area contributed by atoms with Crippen molar-refractivity contribution in [3.05, 3.63) is 54.1 Å². The number of carbonyl (C=O) groups excluding carboxylic acids is 1. The zero-order valence-corrected chi connectivity index (χ0v) is 13.9. The van der Waals surface area contributed by atoms with Gasteiger partial charge in [-0.25, -0.2) is 5.43 Å². The molecule has 0 bridgehead atoms. The highest BCUT2D eigenvalue weighted by Crippen LogP contribution is 2.15. The number of hydrogen-bond donors (Lipinski definition) is 2. The minimum Gasteiger partial charge on any atom is -0.497 e. The van der Waals surface area contributed by atoms with Gasteiger partial charge < -0.3 is 14.8 Å². The summed E-state index contributed by atoms with van der Waals surface area (Å²) in [5, 5.41) is 7.06. The van der Waals surface area contributed by atoms with E-state index < -0.39 is 6.04 Å². The summed E-state index contributed by atoms with van der Waals surface area (Å²) < 4.78 is 10.2. The van der Waals surface area contributed by atoms with Crippen LogP contribution in [0.25, 0.3) is 0 Å². The number of hydrazone groups is 1. The van der Waals surface area contributed by atoms with E-state index in [9.17, 15) is 4.79 Å². The summed E-state index contributed by atoms with van der Waals surface area (Å²) in [5.74, 6) is 1.31. The number of rotatable bonds is 7. The molecule has 0 aliphatic carbocycles. The fourth-order valence-electron chi connectivity index (χ4n) is 1.96. The fraction of sp³-hybridized carbons (Fsp3) is 0.222. The van der Waals surface area contributed by atoms with Crippen LogP contribution in [-0.2, 0) is 4.79 Å². The van der Waals surface area contributed by atoms with Gasteiger partial charge in [0, 0.05) is 5.69 Å². The molecule has 0 aliphatic rings. The third kappa shape index (κ3) is 5.01. The van der Waals surface area contributed by atoms with E-state index in [2.05, 4.69) is 15.8 Å². The van der Waals surface area contributed by atoms with E-state index in [0.717, 1.165) is 22.7 Å². The van der Waals surface area contributed by atoms with Crippen LogP contribution in [0, 0.1) is 0 Å². The van der Waals surface area contributed by atoms with Gasteiger partial charge in [0.2, 0.25) is 0 Å². The van der Waals surface area contributed by atoms with Gasteiger partial charge in [-0.3, -0.25) is 4.79 Å². The first-order valence-corrected chi connectivity index (χ1v) is 7.50. The topological polar surface area (TPSA) is 72.0 Å². The number of nitrogens with one attached hydrogen (secondary N) is 2. The van der Waals surface area contributed by atoms with Gasteiger partial charge in [0.05, 0.1) is 20.4 Å². The Hall–Kier alpha value is -3.02. The number of ether oxygens (including phenoxy) is 2. The van der Waals surface area contributed by atoms with Crippen LogP contribution in [0.5, 0.6) is 11.5 Å². The van der Waals surface area contributed by atoms with E-state index >= 15 is 0 Å². The van der Waals surface area contributed by atoms with Crippen LogP contribution in [0.2, 0.25) is 0 Å². The third-order valence-corrected chi connectivity index (χ3v) is 3.37. The molecule has 6 nitrogen and oxygen atoms in total. The lowest BCUT2D eigenvalue weighted by Gasteiger charge is -2.13. The molecule has 0 saturated carbocycles. The number of hydrogen-bond acceptors (Lipinski definition) is 5. The zero-order chi connectivity index (χ0) is 17.4. The average molecular weight is 327 g/mol. The van der Waals surface area contributed by atoms with Gasteiger partial charge in [-0.2, -0.15) is 5.10 Å². The molecular formula is C18H21N3O3. The summed E-state index contributed by atoms with van der Waals surface area (Å²) in [6.07, 6.45) is 1.58. The van der Waals surface area contributed by atoms with Gasteiger partial charge in [0.1, 0.15) is 17.5 Å². The van der Waals surface area contributed by atoms with Crippen molar-refractivity contribution in [3.63, 3.8) is 0 Å². The van der Waals surface area contributed by atoms with Gasteiger partial charge >= 0.3 is 0 Å². The minimum atomic E-state index is -0.425. The van der Waals surface area contributed by atoms with Gasteiger partial charge in [-0.05, 0) is 61.0 Å². The van der Waals surface area contributed by atoms with Crippen LogP contribution >= 0.6 is 0 Å². The third-order valence-electron chi connectivity index (χ3n) is 3.37. The van der Waals surface area contributed by atoms with Gasteiger partial charge in [-0.1, -0.05) is 0 Å². The molecule has 2 aromatic carbocycles. The Morgan fingerprint density at radius 3 is 2.08 bits per heavy atom. The molecular weight excluding hydrogens is 306 g/mol. The predicted molar refractivity (Wildman–Crippen MR) is 94.8 cm³/mol.